The van der Waals surface area contributed by atoms with Crippen molar-refractivity contribution in [2.75, 3.05) is 0 Å². The van der Waals surface area contributed by atoms with Crippen molar-refractivity contribution in [3.05, 3.63) is 0 Å². The maximum atomic E-state index is 12.5. The molecule has 0 aromatic rings. The first kappa shape index (κ1) is 13.4. The van der Waals surface area contributed by atoms with Crippen LogP contribution in [-0.4, -0.2) is 23.3 Å². The number of ether oxygens (including phenoxy) is 2. The highest BCUT2D eigenvalue weighted by Crippen LogP contribution is 2.65. The lowest BCUT2D eigenvalue weighted by atomic mass is 9.73. The molecule has 0 amide bonds. The molecule has 2 heterocycles. The molecule has 0 aromatic carbocycles. The summed E-state index contributed by atoms with van der Waals surface area (Å²) in [5.74, 6) is 1.37. The van der Waals surface area contributed by atoms with Crippen molar-refractivity contribution in [1.82, 2.24) is 0 Å². The number of hydrogen-bond acceptors (Lipinski definition) is 3. The average Bonchev–Trinajstić information content (AvgIpc) is 3.01. The fourth-order valence-corrected chi connectivity index (χ4v) is 5.21. The van der Waals surface area contributed by atoms with E-state index in [1.54, 1.807) is 0 Å². The zero-order valence-electron chi connectivity index (χ0n) is 12.6. The van der Waals surface area contributed by atoms with Crippen LogP contribution in [0.5, 0.6) is 0 Å². The third kappa shape index (κ3) is 1.40. The van der Waals surface area contributed by atoms with Crippen molar-refractivity contribution in [3.8, 4) is 0 Å². The molecule has 0 spiro atoms. The molecule has 0 aromatic heterocycles. The van der Waals surface area contributed by atoms with E-state index in [4.69, 9.17) is 9.47 Å². The predicted molar refractivity (Wildman–Crippen MR) is 72.7 cm³/mol. The molecule has 0 bridgehead atoms. The highest BCUT2D eigenvalue weighted by molar-refractivity contribution is 5.84. The van der Waals surface area contributed by atoms with Gasteiger partial charge >= 0.3 is 5.97 Å². The minimum atomic E-state index is -0.634. The molecule has 6 atom stereocenters. The molecule has 0 radical (unpaired) electrons. The second-order valence-electron chi connectivity index (χ2n) is 6.54. The van der Waals surface area contributed by atoms with E-state index in [-0.39, 0.29) is 23.6 Å². The molecular formula is C16H26O3. The van der Waals surface area contributed by atoms with Gasteiger partial charge in [0.2, 0.25) is 0 Å². The van der Waals surface area contributed by atoms with Crippen LogP contribution < -0.4 is 0 Å². The summed E-state index contributed by atoms with van der Waals surface area (Å²) in [7, 11) is 0. The van der Waals surface area contributed by atoms with E-state index >= 15 is 0 Å². The number of rotatable bonds is 4. The van der Waals surface area contributed by atoms with E-state index < -0.39 is 5.60 Å². The van der Waals surface area contributed by atoms with Crippen molar-refractivity contribution >= 4 is 5.97 Å². The summed E-state index contributed by atoms with van der Waals surface area (Å²) in [6.45, 7) is 8.67. The molecular weight excluding hydrogens is 240 g/mol. The average molecular weight is 266 g/mol. The number of hydrogen-bond donors (Lipinski definition) is 0. The highest BCUT2D eigenvalue weighted by atomic mass is 16.6. The minimum absolute atomic E-state index is 0.0858. The Morgan fingerprint density at radius 2 is 1.89 bits per heavy atom. The van der Waals surface area contributed by atoms with E-state index in [1.807, 2.05) is 0 Å². The van der Waals surface area contributed by atoms with E-state index in [0.717, 1.165) is 25.7 Å². The number of carbonyl (C=O) groups excluding carboxylic acids is 1. The second kappa shape index (κ2) is 4.21. The Bertz CT molecular complexity index is 393. The van der Waals surface area contributed by atoms with Crippen LogP contribution in [0.3, 0.4) is 0 Å². The van der Waals surface area contributed by atoms with Gasteiger partial charge in [-0.2, -0.15) is 0 Å². The molecule has 1 aliphatic carbocycles. The zero-order valence-corrected chi connectivity index (χ0v) is 12.6. The fourth-order valence-electron chi connectivity index (χ4n) is 5.21. The molecule has 0 N–H and O–H groups in total. The maximum absolute atomic E-state index is 12.5. The van der Waals surface area contributed by atoms with Crippen LogP contribution in [0, 0.1) is 17.8 Å². The topological polar surface area (TPSA) is 35.5 Å². The van der Waals surface area contributed by atoms with E-state index in [9.17, 15) is 4.79 Å². The Balaban J connectivity index is 2.09. The SMILES string of the molecule is CC[C@@H]1C[C@@]2(CC)OC(=O)[C@@]3(CC)O[C@H](CC)[C@@H]1[C@@H]23. The van der Waals surface area contributed by atoms with E-state index in [0.29, 0.717) is 11.8 Å². The Kier molecular flexibility index (Phi) is 2.97. The van der Waals surface area contributed by atoms with Crippen molar-refractivity contribution in [1.29, 1.82) is 0 Å². The standard InChI is InChI=1S/C16H26O3/c1-5-10-9-15(7-3)13-12(10)11(6-2)18-16(13,8-4)14(17)19-15/h10-13H,5-9H2,1-4H3/t10-,11-,12-,13+,15-,16+/m1/s1. The minimum Gasteiger partial charge on any atom is -0.456 e. The van der Waals surface area contributed by atoms with Gasteiger partial charge < -0.3 is 9.47 Å². The predicted octanol–water partition coefficient (Wildman–Crippen LogP) is 3.31. The molecule has 3 aliphatic rings. The fraction of sp³-hybridized carbons (Fsp3) is 0.938. The van der Waals surface area contributed by atoms with Gasteiger partial charge in [0.05, 0.1) is 6.10 Å². The van der Waals surface area contributed by atoms with Crippen LogP contribution in [0.1, 0.15) is 59.8 Å². The Hall–Kier alpha value is -0.570. The number of esters is 1. The molecule has 1 saturated carbocycles. The van der Waals surface area contributed by atoms with Gasteiger partial charge in [0.25, 0.3) is 0 Å². The van der Waals surface area contributed by atoms with Crippen LogP contribution in [0.2, 0.25) is 0 Å². The summed E-state index contributed by atoms with van der Waals surface area (Å²) in [6, 6.07) is 0. The normalized spacial score (nSPS) is 51.5. The van der Waals surface area contributed by atoms with Gasteiger partial charge in [0.15, 0.2) is 5.60 Å². The number of carbonyl (C=O) groups is 1. The molecule has 3 nitrogen and oxygen atoms in total. The maximum Gasteiger partial charge on any atom is 0.339 e. The molecule has 2 saturated heterocycles. The lowest BCUT2D eigenvalue weighted by molar-refractivity contribution is -0.165. The smallest absolute Gasteiger partial charge is 0.339 e. The van der Waals surface area contributed by atoms with E-state index in [1.165, 1.54) is 6.42 Å². The van der Waals surface area contributed by atoms with Crippen LogP contribution in [0.4, 0.5) is 0 Å². The monoisotopic (exact) mass is 266 g/mol. The summed E-state index contributed by atoms with van der Waals surface area (Å²) in [6.07, 6.45) is 5.14. The third-order valence-corrected chi connectivity index (χ3v) is 6.09. The lowest BCUT2D eigenvalue weighted by Crippen LogP contribution is -2.42. The second-order valence-corrected chi connectivity index (χ2v) is 6.54. The largest absolute Gasteiger partial charge is 0.456 e. The zero-order chi connectivity index (χ0) is 13.8. The summed E-state index contributed by atoms with van der Waals surface area (Å²) in [5, 5.41) is 0. The molecule has 2 aliphatic heterocycles. The molecule has 3 fully saturated rings. The van der Waals surface area contributed by atoms with Crippen molar-refractivity contribution in [3.63, 3.8) is 0 Å². The Morgan fingerprint density at radius 3 is 2.42 bits per heavy atom. The van der Waals surface area contributed by atoms with Gasteiger partial charge in [-0.25, -0.2) is 4.79 Å². The Labute approximate surface area is 116 Å². The van der Waals surface area contributed by atoms with Gasteiger partial charge in [0, 0.05) is 5.92 Å². The van der Waals surface area contributed by atoms with Gasteiger partial charge in [-0.05, 0) is 37.5 Å². The van der Waals surface area contributed by atoms with E-state index in [2.05, 4.69) is 27.7 Å². The molecule has 3 heteroatoms. The summed E-state index contributed by atoms with van der Waals surface area (Å²) in [5.41, 5.74) is -0.867. The summed E-state index contributed by atoms with van der Waals surface area (Å²) >= 11 is 0. The van der Waals surface area contributed by atoms with Gasteiger partial charge in [-0.15, -0.1) is 0 Å². The van der Waals surface area contributed by atoms with Gasteiger partial charge in [-0.3, -0.25) is 0 Å². The van der Waals surface area contributed by atoms with Gasteiger partial charge in [0.1, 0.15) is 5.60 Å². The first-order chi connectivity index (χ1) is 9.08. The molecule has 0 unspecified atom stereocenters. The molecule has 108 valence electrons. The summed E-state index contributed by atoms with van der Waals surface area (Å²) < 4.78 is 12.2. The van der Waals surface area contributed by atoms with Crippen LogP contribution in [-0.2, 0) is 14.3 Å². The van der Waals surface area contributed by atoms with Crippen molar-refractivity contribution < 1.29 is 14.3 Å². The van der Waals surface area contributed by atoms with Crippen molar-refractivity contribution in [2.24, 2.45) is 17.8 Å². The summed E-state index contributed by atoms with van der Waals surface area (Å²) in [4.78, 5) is 12.5. The first-order valence-electron chi connectivity index (χ1n) is 7.99. The van der Waals surface area contributed by atoms with Gasteiger partial charge in [-0.1, -0.05) is 34.1 Å². The van der Waals surface area contributed by atoms with Crippen molar-refractivity contribution in [2.45, 2.75) is 77.1 Å². The van der Waals surface area contributed by atoms with Crippen LogP contribution in [0.25, 0.3) is 0 Å². The molecule has 3 rings (SSSR count). The highest BCUT2D eigenvalue weighted by Gasteiger charge is 2.75. The molecule has 19 heavy (non-hydrogen) atoms. The quantitative estimate of drug-likeness (QED) is 0.732. The Morgan fingerprint density at radius 1 is 1.16 bits per heavy atom. The van der Waals surface area contributed by atoms with Crippen LogP contribution in [0.15, 0.2) is 0 Å². The van der Waals surface area contributed by atoms with Crippen LogP contribution >= 0.6 is 0 Å². The first-order valence-corrected chi connectivity index (χ1v) is 7.99. The third-order valence-electron chi connectivity index (χ3n) is 6.09. The lowest BCUT2D eigenvalue weighted by Gasteiger charge is -2.28.